The highest BCUT2D eigenvalue weighted by Crippen LogP contribution is 2.26. The van der Waals surface area contributed by atoms with Crippen molar-refractivity contribution < 1.29 is 13.2 Å². The molecule has 2 aliphatic rings. The van der Waals surface area contributed by atoms with Gasteiger partial charge < -0.3 is 5.32 Å². The number of hydrogen-bond donors (Lipinski definition) is 1. The third-order valence-corrected chi connectivity index (χ3v) is 6.47. The summed E-state index contributed by atoms with van der Waals surface area (Å²) in [5, 5.41) is 3.07. The van der Waals surface area contributed by atoms with Gasteiger partial charge in [-0.3, -0.25) is 4.79 Å². The van der Waals surface area contributed by atoms with E-state index in [1.165, 1.54) is 28.1 Å². The molecule has 0 aromatic heterocycles. The van der Waals surface area contributed by atoms with Crippen molar-refractivity contribution in [3.8, 4) is 0 Å². The fourth-order valence-corrected chi connectivity index (χ4v) is 4.64. The number of carbonyl (C=O) groups excluding carboxylic acids is 1. The van der Waals surface area contributed by atoms with E-state index in [-0.39, 0.29) is 17.9 Å². The molecular weight excluding hydrogens is 324 g/mol. The molecule has 5 nitrogen and oxygen atoms in total. The summed E-state index contributed by atoms with van der Waals surface area (Å²) in [4.78, 5) is 12.6. The minimum Gasteiger partial charge on any atom is -0.349 e. The summed E-state index contributed by atoms with van der Waals surface area (Å²) in [7, 11) is -3.23. The van der Waals surface area contributed by atoms with E-state index in [1.807, 2.05) is 6.92 Å². The molecule has 0 unspecified atom stereocenters. The molecule has 3 rings (SSSR count). The van der Waals surface area contributed by atoms with Gasteiger partial charge in [0.2, 0.25) is 15.9 Å². The first-order valence-electron chi connectivity index (χ1n) is 8.72. The number of sulfonamides is 1. The van der Waals surface area contributed by atoms with Crippen LogP contribution in [0.4, 0.5) is 0 Å². The van der Waals surface area contributed by atoms with Crippen LogP contribution in [0.5, 0.6) is 0 Å². The zero-order valence-corrected chi connectivity index (χ0v) is 15.2. The summed E-state index contributed by atoms with van der Waals surface area (Å²) >= 11 is 0. The highest BCUT2D eigenvalue weighted by molar-refractivity contribution is 7.88. The van der Waals surface area contributed by atoms with Crippen molar-refractivity contribution in [2.75, 3.05) is 19.3 Å². The van der Waals surface area contributed by atoms with Crippen LogP contribution >= 0.6 is 0 Å². The van der Waals surface area contributed by atoms with Crippen molar-refractivity contribution >= 4 is 15.9 Å². The maximum Gasteiger partial charge on any atom is 0.224 e. The second-order valence-corrected chi connectivity index (χ2v) is 9.05. The number of nitrogens with one attached hydrogen (secondary N) is 1. The van der Waals surface area contributed by atoms with Gasteiger partial charge in [0.25, 0.3) is 0 Å². The number of nitrogens with zero attached hydrogens (tertiary/aromatic N) is 1. The normalized spacial score (nSPS) is 22.8. The van der Waals surface area contributed by atoms with Crippen LogP contribution in [0, 0.1) is 5.92 Å². The first kappa shape index (κ1) is 17.4. The molecule has 1 saturated heterocycles. The molecule has 1 fully saturated rings. The van der Waals surface area contributed by atoms with Gasteiger partial charge in [-0.05, 0) is 55.7 Å². The van der Waals surface area contributed by atoms with Crippen molar-refractivity contribution in [2.24, 2.45) is 5.92 Å². The van der Waals surface area contributed by atoms with Crippen LogP contribution in [-0.4, -0.2) is 38.0 Å². The first-order chi connectivity index (χ1) is 11.3. The zero-order chi connectivity index (χ0) is 17.3. The minimum absolute atomic E-state index is 0.0450. The molecule has 1 aromatic rings. The van der Waals surface area contributed by atoms with E-state index in [0.717, 1.165) is 31.2 Å². The summed E-state index contributed by atoms with van der Waals surface area (Å²) in [6.45, 7) is 2.80. The van der Waals surface area contributed by atoms with Crippen LogP contribution in [-0.2, 0) is 27.7 Å². The van der Waals surface area contributed by atoms with Crippen molar-refractivity contribution in [3.63, 3.8) is 0 Å². The third kappa shape index (κ3) is 3.81. The van der Waals surface area contributed by atoms with Gasteiger partial charge in [-0.15, -0.1) is 0 Å². The number of rotatable bonds is 4. The predicted octanol–water partition coefficient (Wildman–Crippen LogP) is 2.02. The smallest absolute Gasteiger partial charge is 0.224 e. The van der Waals surface area contributed by atoms with Crippen LogP contribution < -0.4 is 5.32 Å². The number of carbonyl (C=O) groups is 1. The molecule has 0 radical (unpaired) electrons. The number of piperidine rings is 1. The average Bonchev–Trinajstić information content (AvgIpc) is 3.01. The maximum atomic E-state index is 12.6. The Kier molecular flexibility index (Phi) is 4.97. The second kappa shape index (κ2) is 6.84. The van der Waals surface area contributed by atoms with Gasteiger partial charge in [-0.2, -0.15) is 0 Å². The van der Waals surface area contributed by atoms with Gasteiger partial charge in [-0.25, -0.2) is 12.7 Å². The van der Waals surface area contributed by atoms with E-state index in [1.54, 1.807) is 0 Å². The molecule has 1 aromatic carbocycles. The molecule has 6 heteroatoms. The van der Waals surface area contributed by atoms with E-state index < -0.39 is 10.0 Å². The Morgan fingerprint density at radius 1 is 1.25 bits per heavy atom. The topological polar surface area (TPSA) is 66.5 Å². The lowest BCUT2D eigenvalue weighted by atomic mass is 9.97. The van der Waals surface area contributed by atoms with E-state index in [4.69, 9.17) is 0 Å². The van der Waals surface area contributed by atoms with Gasteiger partial charge in [0.1, 0.15) is 0 Å². The monoisotopic (exact) mass is 350 g/mol. The summed E-state index contributed by atoms with van der Waals surface area (Å²) in [5.74, 6) is -0.304. The van der Waals surface area contributed by atoms with Crippen LogP contribution in [0.15, 0.2) is 18.2 Å². The SMILES string of the molecule is C[C@@H](NC(=O)[C@H]1CCCN(S(C)(=O)=O)C1)c1ccc2c(c1)CCC2. The lowest BCUT2D eigenvalue weighted by Crippen LogP contribution is -2.45. The zero-order valence-electron chi connectivity index (χ0n) is 14.4. The Labute approximate surface area is 144 Å². The Morgan fingerprint density at radius 2 is 2.00 bits per heavy atom. The average molecular weight is 350 g/mol. The second-order valence-electron chi connectivity index (χ2n) is 7.07. The summed E-state index contributed by atoms with van der Waals surface area (Å²) in [6, 6.07) is 6.42. The number of amides is 1. The summed E-state index contributed by atoms with van der Waals surface area (Å²) < 4.78 is 24.8. The lowest BCUT2D eigenvalue weighted by molar-refractivity contribution is -0.126. The molecule has 1 heterocycles. The maximum absolute atomic E-state index is 12.6. The van der Waals surface area contributed by atoms with Crippen LogP contribution in [0.3, 0.4) is 0 Å². The Bertz CT molecular complexity index is 730. The van der Waals surface area contributed by atoms with Crippen molar-refractivity contribution in [2.45, 2.75) is 45.1 Å². The highest BCUT2D eigenvalue weighted by atomic mass is 32.2. The van der Waals surface area contributed by atoms with Crippen molar-refractivity contribution in [1.82, 2.24) is 9.62 Å². The highest BCUT2D eigenvalue weighted by Gasteiger charge is 2.30. The lowest BCUT2D eigenvalue weighted by Gasteiger charge is -2.31. The predicted molar refractivity (Wildman–Crippen MR) is 94.2 cm³/mol. The van der Waals surface area contributed by atoms with Crippen molar-refractivity contribution in [1.29, 1.82) is 0 Å². The summed E-state index contributed by atoms with van der Waals surface area (Å²) in [6.07, 6.45) is 6.17. The number of benzene rings is 1. The van der Waals surface area contributed by atoms with E-state index in [0.29, 0.717) is 13.1 Å². The molecule has 24 heavy (non-hydrogen) atoms. The third-order valence-electron chi connectivity index (χ3n) is 5.21. The van der Waals surface area contributed by atoms with E-state index in [9.17, 15) is 13.2 Å². The first-order valence-corrected chi connectivity index (χ1v) is 10.6. The fourth-order valence-electron chi connectivity index (χ4n) is 3.73. The van der Waals surface area contributed by atoms with Gasteiger partial charge >= 0.3 is 0 Å². The van der Waals surface area contributed by atoms with Crippen molar-refractivity contribution in [3.05, 3.63) is 34.9 Å². The Morgan fingerprint density at radius 3 is 2.75 bits per heavy atom. The quantitative estimate of drug-likeness (QED) is 0.903. The molecule has 132 valence electrons. The van der Waals surface area contributed by atoms with Gasteiger partial charge in [-0.1, -0.05) is 18.2 Å². The molecule has 1 aliphatic carbocycles. The van der Waals surface area contributed by atoms with E-state index in [2.05, 4.69) is 23.5 Å². The van der Waals surface area contributed by atoms with Crippen LogP contribution in [0.25, 0.3) is 0 Å². The molecular formula is C18H26N2O3S. The van der Waals surface area contributed by atoms with Crippen LogP contribution in [0.2, 0.25) is 0 Å². The largest absolute Gasteiger partial charge is 0.349 e. The molecule has 1 aliphatic heterocycles. The molecule has 0 spiro atoms. The molecule has 1 N–H and O–H groups in total. The van der Waals surface area contributed by atoms with Crippen LogP contribution in [0.1, 0.15) is 48.9 Å². The summed E-state index contributed by atoms with van der Waals surface area (Å²) in [5.41, 5.74) is 3.95. The van der Waals surface area contributed by atoms with Gasteiger partial charge in [0.15, 0.2) is 0 Å². The minimum atomic E-state index is -3.23. The van der Waals surface area contributed by atoms with E-state index >= 15 is 0 Å². The molecule has 0 saturated carbocycles. The molecule has 2 atom stereocenters. The standard InChI is InChI=1S/C18H26N2O3S/c1-13(15-9-8-14-5-3-6-16(14)11-15)19-18(21)17-7-4-10-20(12-17)24(2,22)23/h8-9,11,13,17H,3-7,10,12H2,1-2H3,(H,19,21)/t13-,17+/m1/s1. The molecule has 1 amide bonds. The number of hydrogen-bond acceptors (Lipinski definition) is 3. The van der Waals surface area contributed by atoms with Gasteiger partial charge in [0, 0.05) is 13.1 Å². The van der Waals surface area contributed by atoms with Gasteiger partial charge in [0.05, 0.1) is 18.2 Å². The Balaban J connectivity index is 1.63. The number of aryl methyl sites for hydroxylation is 2. The fraction of sp³-hybridized carbons (Fsp3) is 0.611. The Hall–Kier alpha value is -1.40. The molecule has 0 bridgehead atoms. The number of fused-ring (bicyclic) bond motifs is 1.